The fourth-order valence-corrected chi connectivity index (χ4v) is 3.96. The van der Waals surface area contributed by atoms with Crippen LogP contribution in [0.25, 0.3) is 0 Å². The van der Waals surface area contributed by atoms with E-state index in [1.165, 1.54) is 0 Å². The molecular formula is C18H25ClN2O. The first-order valence-electron chi connectivity index (χ1n) is 8.40. The molecule has 0 saturated heterocycles. The van der Waals surface area contributed by atoms with Gasteiger partial charge >= 0.3 is 0 Å². The Morgan fingerprint density at radius 1 is 1.27 bits per heavy atom. The predicted molar refractivity (Wildman–Crippen MR) is 89.7 cm³/mol. The van der Waals surface area contributed by atoms with E-state index in [0.29, 0.717) is 6.04 Å². The van der Waals surface area contributed by atoms with Crippen LogP contribution in [0, 0.1) is 5.92 Å². The van der Waals surface area contributed by atoms with Crippen LogP contribution in [0.15, 0.2) is 24.3 Å². The molecule has 22 heavy (non-hydrogen) atoms. The van der Waals surface area contributed by atoms with Crippen molar-refractivity contribution in [2.75, 3.05) is 0 Å². The monoisotopic (exact) mass is 320 g/mol. The van der Waals surface area contributed by atoms with E-state index in [1.54, 1.807) is 0 Å². The number of amides is 1. The summed E-state index contributed by atoms with van der Waals surface area (Å²) in [5.41, 5.74) is 7.12. The Morgan fingerprint density at radius 2 is 2.00 bits per heavy atom. The third-order valence-corrected chi connectivity index (χ3v) is 5.38. The lowest BCUT2D eigenvalue weighted by molar-refractivity contribution is -0.139. The van der Waals surface area contributed by atoms with Gasteiger partial charge in [0, 0.05) is 23.0 Å². The van der Waals surface area contributed by atoms with E-state index in [1.807, 2.05) is 24.3 Å². The number of carbonyl (C=O) groups excluding carboxylic acids is 1. The smallest absolute Gasteiger partial charge is 0.226 e. The molecule has 3 atom stereocenters. The van der Waals surface area contributed by atoms with Crippen molar-refractivity contribution in [3.05, 3.63) is 34.9 Å². The van der Waals surface area contributed by atoms with E-state index in [2.05, 4.69) is 11.8 Å². The van der Waals surface area contributed by atoms with Crippen molar-refractivity contribution in [3.8, 4) is 0 Å². The summed E-state index contributed by atoms with van der Waals surface area (Å²) in [7, 11) is 0. The van der Waals surface area contributed by atoms with Gasteiger partial charge in [0.1, 0.15) is 0 Å². The van der Waals surface area contributed by atoms with Crippen molar-refractivity contribution in [1.82, 2.24) is 4.90 Å². The molecule has 0 bridgehead atoms. The van der Waals surface area contributed by atoms with E-state index in [4.69, 9.17) is 17.3 Å². The highest BCUT2D eigenvalue weighted by molar-refractivity contribution is 6.31. The van der Waals surface area contributed by atoms with E-state index >= 15 is 0 Å². The van der Waals surface area contributed by atoms with Crippen LogP contribution >= 0.6 is 11.6 Å². The Balaban J connectivity index is 1.80. The number of nitrogens with two attached hydrogens (primary N) is 1. The second kappa shape index (κ2) is 6.59. The number of halogens is 1. The van der Waals surface area contributed by atoms with Gasteiger partial charge in [-0.25, -0.2) is 0 Å². The molecule has 0 aromatic heterocycles. The number of carbonyl (C=O) groups is 1. The molecule has 2 aliphatic rings. The highest BCUT2D eigenvalue weighted by Gasteiger charge is 2.40. The molecule has 1 aromatic rings. The van der Waals surface area contributed by atoms with Gasteiger partial charge in [0.25, 0.3) is 0 Å². The molecule has 0 heterocycles. The maximum absolute atomic E-state index is 13.1. The molecule has 1 aromatic carbocycles. The van der Waals surface area contributed by atoms with Crippen molar-refractivity contribution in [1.29, 1.82) is 0 Å². The lowest BCUT2D eigenvalue weighted by Crippen LogP contribution is -2.43. The van der Waals surface area contributed by atoms with Gasteiger partial charge in [-0.05, 0) is 50.7 Å². The number of hydrogen-bond acceptors (Lipinski definition) is 2. The Bertz CT molecular complexity index is 544. The van der Waals surface area contributed by atoms with Gasteiger partial charge in [-0.1, -0.05) is 36.2 Å². The lowest BCUT2D eigenvalue weighted by Gasteiger charge is -2.35. The van der Waals surface area contributed by atoms with Crippen molar-refractivity contribution in [2.45, 2.75) is 63.6 Å². The molecule has 2 N–H and O–H groups in total. The van der Waals surface area contributed by atoms with Gasteiger partial charge in [0.2, 0.25) is 5.91 Å². The van der Waals surface area contributed by atoms with Crippen molar-refractivity contribution >= 4 is 17.5 Å². The van der Waals surface area contributed by atoms with Crippen molar-refractivity contribution in [3.63, 3.8) is 0 Å². The topological polar surface area (TPSA) is 46.3 Å². The molecule has 0 spiro atoms. The molecule has 2 aliphatic carbocycles. The average Bonchev–Trinajstić information content (AvgIpc) is 3.32. The van der Waals surface area contributed by atoms with Crippen LogP contribution in [0.3, 0.4) is 0 Å². The first kappa shape index (κ1) is 15.8. The zero-order valence-electron chi connectivity index (χ0n) is 13.2. The number of rotatable bonds is 4. The van der Waals surface area contributed by atoms with Crippen molar-refractivity contribution < 1.29 is 4.79 Å². The highest BCUT2D eigenvalue weighted by atomic mass is 35.5. The van der Waals surface area contributed by atoms with E-state index in [0.717, 1.165) is 49.1 Å². The zero-order valence-corrected chi connectivity index (χ0v) is 13.9. The van der Waals surface area contributed by atoms with Gasteiger partial charge < -0.3 is 10.6 Å². The average molecular weight is 321 g/mol. The summed E-state index contributed by atoms with van der Waals surface area (Å²) in [6, 6.07) is 8.45. The van der Waals surface area contributed by atoms with Crippen LogP contribution in [0.2, 0.25) is 5.02 Å². The Morgan fingerprint density at radius 3 is 2.64 bits per heavy atom. The van der Waals surface area contributed by atoms with Gasteiger partial charge in [-0.3, -0.25) is 4.79 Å². The Hall–Kier alpha value is -1.06. The quantitative estimate of drug-likeness (QED) is 0.914. The summed E-state index contributed by atoms with van der Waals surface area (Å²) in [5.74, 6) is 0.374. The summed E-state index contributed by atoms with van der Waals surface area (Å²) >= 11 is 6.34. The molecule has 0 radical (unpaired) electrons. The van der Waals surface area contributed by atoms with Crippen LogP contribution in [-0.2, 0) is 4.79 Å². The molecule has 3 unspecified atom stereocenters. The first-order chi connectivity index (χ1) is 10.6. The van der Waals surface area contributed by atoms with E-state index in [9.17, 15) is 4.79 Å². The molecule has 3 rings (SSSR count). The van der Waals surface area contributed by atoms with Crippen LogP contribution < -0.4 is 5.73 Å². The van der Waals surface area contributed by atoms with Gasteiger partial charge in [0.15, 0.2) is 0 Å². The van der Waals surface area contributed by atoms with E-state index in [-0.39, 0.29) is 23.9 Å². The lowest BCUT2D eigenvalue weighted by atomic mass is 9.85. The fourth-order valence-electron chi connectivity index (χ4n) is 3.67. The number of hydrogen-bond donors (Lipinski definition) is 1. The number of nitrogens with zero attached hydrogens (tertiary/aromatic N) is 1. The maximum atomic E-state index is 13.1. The second-order valence-electron chi connectivity index (χ2n) is 6.80. The minimum atomic E-state index is 0.0341. The Labute approximate surface area is 137 Å². The van der Waals surface area contributed by atoms with Crippen molar-refractivity contribution in [2.24, 2.45) is 11.7 Å². The maximum Gasteiger partial charge on any atom is 0.226 e. The third-order valence-electron chi connectivity index (χ3n) is 5.03. The van der Waals surface area contributed by atoms with Gasteiger partial charge in [-0.2, -0.15) is 0 Å². The molecule has 2 fully saturated rings. The standard InChI is InChI=1S/C18H25ClN2O/c1-12(16-7-2-3-8-17(16)19)21(15-9-10-15)18(22)13-5-4-6-14(20)11-13/h2-3,7-8,12-15H,4-6,9-11,20H2,1H3. The summed E-state index contributed by atoms with van der Waals surface area (Å²) in [6.07, 6.45) is 6.14. The molecule has 120 valence electrons. The van der Waals surface area contributed by atoms with E-state index < -0.39 is 0 Å². The van der Waals surface area contributed by atoms with Crippen LogP contribution in [0.1, 0.15) is 57.1 Å². The first-order valence-corrected chi connectivity index (χ1v) is 8.78. The predicted octanol–water partition coefficient (Wildman–Crippen LogP) is 3.91. The summed E-state index contributed by atoms with van der Waals surface area (Å²) < 4.78 is 0. The molecule has 4 heteroatoms. The molecular weight excluding hydrogens is 296 g/mol. The molecule has 0 aliphatic heterocycles. The summed E-state index contributed by atoms with van der Waals surface area (Å²) in [4.78, 5) is 15.2. The van der Waals surface area contributed by atoms with Crippen LogP contribution in [-0.4, -0.2) is 22.9 Å². The van der Waals surface area contributed by atoms with Crippen LogP contribution in [0.5, 0.6) is 0 Å². The number of benzene rings is 1. The normalized spacial score (nSPS) is 26.5. The largest absolute Gasteiger partial charge is 0.333 e. The van der Waals surface area contributed by atoms with Crippen LogP contribution in [0.4, 0.5) is 0 Å². The summed E-state index contributed by atoms with van der Waals surface area (Å²) in [5, 5.41) is 0.744. The SMILES string of the molecule is CC(c1ccccc1Cl)N(C(=O)C1CCCC(N)C1)C1CC1. The second-order valence-corrected chi connectivity index (χ2v) is 7.20. The zero-order chi connectivity index (χ0) is 15.7. The van der Waals surface area contributed by atoms with Gasteiger partial charge in [0.05, 0.1) is 6.04 Å². The fraction of sp³-hybridized carbons (Fsp3) is 0.611. The minimum absolute atomic E-state index is 0.0341. The molecule has 2 saturated carbocycles. The molecule has 1 amide bonds. The Kier molecular flexibility index (Phi) is 4.74. The highest BCUT2D eigenvalue weighted by Crippen LogP contribution is 2.39. The third kappa shape index (κ3) is 3.31. The molecule has 3 nitrogen and oxygen atoms in total. The summed E-state index contributed by atoms with van der Waals surface area (Å²) in [6.45, 7) is 2.10. The van der Waals surface area contributed by atoms with Gasteiger partial charge in [-0.15, -0.1) is 0 Å². The minimum Gasteiger partial charge on any atom is -0.333 e.